The van der Waals surface area contributed by atoms with Crippen molar-refractivity contribution in [2.75, 3.05) is 5.32 Å². The van der Waals surface area contributed by atoms with Gasteiger partial charge in [-0.3, -0.25) is 4.79 Å². The lowest BCUT2D eigenvalue weighted by Crippen LogP contribution is -2.32. The molecular formula is C24H24ClNO3. The Bertz CT molecular complexity index is 989. The van der Waals surface area contributed by atoms with Crippen molar-refractivity contribution in [3.05, 3.63) is 82.9 Å². The average Bonchev–Trinajstić information content (AvgIpc) is 2.70. The first-order valence-electron chi connectivity index (χ1n) is 9.53. The molecule has 4 nitrogen and oxygen atoms in total. The monoisotopic (exact) mass is 409 g/mol. The predicted octanol–water partition coefficient (Wildman–Crippen LogP) is 6.55. The third-order valence-corrected chi connectivity index (χ3v) is 4.67. The molecule has 0 fully saturated rings. The van der Waals surface area contributed by atoms with Crippen LogP contribution in [0.25, 0.3) is 0 Å². The van der Waals surface area contributed by atoms with Gasteiger partial charge in [-0.05, 0) is 62.2 Å². The van der Waals surface area contributed by atoms with Gasteiger partial charge in [0.05, 0.1) is 5.69 Å². The van der Waals surface area contributed by atoms with Gasteiger partial charge in [0.15, 0.2) is 11.9 Å². The molecule has 0 heterocycles. The zero-order chi connectivity index (χ0) is 20.8. The highest BCUT2D eigenvalue weighted by Crippen LogP contribution is 2.32. The zero-order valence-corrected chi connectivity index (χ0v) is 17.5. The van der Waals surface area contributed by atoms with Crippen molar-refractivity contribution in [2.45, 2.75) is 33.3 Å². The van der Waals surface area contributed by atoms with Gasteiger partial charge in [0, 0.05) is 5.02 Å². The van der Waals surface area contributed by atoms with E-state index in [2.05, 4.69) is 5.32 Å². The molecule has 5 heteroatoms. The summed E-state index contributed by atoms with van der Waals surface area (Å²) in [5.74, 6) is 1.62. The Morgan fingerprint density at radius 3 is 2.41 bits per heavy atom. The molecule has 0 bridgehead atoms. The molecule has 1 atom stereocenters. The first-order valence-corrected chi connectivity index (χ1v) is 9.91. The van der Waals surface area contributed by atoms with E-state index < -0.39 is 6.10 Å². The number of benzene rings is 3. The fraction of sp³-hybridized carbons (Fsp3) is 0.208. The Balaban J connectivity index is 1.78. The van der Waals surface area contributed by atoms with Gasteiger partial charge in [0.2, 0.25) is 0 Å². The van der Waals surface area contributed by atoms with E-state index in [-0.39, 0.29) is 5.91 Å². The molecule has 0 saturated heterocycles. The molecule has 0 radical (unpaired) electrons. The molecule has 150 valence electrons. The number of para-hydroxylation sites is 1. The molecule has 0 aliphatic rings. The van der Waals surface area contributed by atoms with E-state index in [1.807, 2.05) is 69.3 Å². The number of aryl methyl sites for hydroxylation is 2. The smallest absolute Gasteiger partial charge is 0.265 e. The molecule has 0 spiro atoms. The van der Waals surface area contributed by atoms with E-state index in [1.54, 1.807) is 18.2 Å². The van der Waals surface area contributed by atoms with Crippen molar-refractivity contribution in [1.82, 2.24) is 0 Å². The van der Waals surface area contributed by atoms with E-state index in [4.69, 9.17) is 21.1 Å². The SMILES string of the molecule is CCC(Oc1ccc(C)cc1C)C(=O)Nc1cc(Cl)ccc1Oc1ccccc1. The minimum Gasteiger partial charge on any atom is -0.480 e. The second kappa shape index (κ2) is 9.48. The van der Waals surface area contributed by atoms with E-state index >= 15 is 0 Å². The highest BCUT2D eigenvalue weighted by molar-refractivity contribution is 6.31. The summed E-state index contributed by atoms with van der Waals surface area (Å²) < 4.78 is 11.9. The van der Waals surface area contributed by atoms with E-state index in [0.29, 0.717) is 34.4 Å². The van der Waals surface area contributed by atoms with Gasteiger partial charge in [0.25, 0.3) is 5.91 Å². The van der Waals surface area contributed by atoms with Crippen molar-refractivity contribution >= 4 is 23.2 Å². The third kappa shape index (κ3) is 5.52. The number of halogens is 1. The maximum atomic E-state index is 12.9. The molecule has 0 aliphatic carbocycles. The number of carbonyl (C=O) groups is 1. The van der Waals surface area contributed by atoms with Crippen molar-refractivity contribution in [3.8, 4) is 17.2 Å². The average molecular weight is 410 g/mol. The number of carbonyl (C=O) groups excluding carboxylic acids is 1. The van der Waals surface area contributed by atoms with Crippen LogP contribution in [0.4, 0.5) is 5.69 Å². The lowest BCUT2D eigenvalue weighted by Gasteiger charge is -2.20. The van der Waals surface area contributed by atoms with Crippen LogP contribution in [0.5, 0.6) is 17.2 Å². The Kier molecular flexibility index (Phi) is 6.78. The van der Waals surface area contributed by atoms with Gasteiger partial charge in [-0.1, -0.05) is 54.4 Å². The minimum atomic E-state index is -0.639. The van der Waals surface area contributed by atoms with Crippen LogP contribution < -0.4 is 14.8 Å². The molecular weight excluding hydrogens is 386 g/mol. The summed E-state index contributed by atoms with van der Waals surface area (Å²) in [7, 11) is 0. The maximum absolute atomic E-state index is 12.9. The van der Waals surface area contributed by atoms with Gasteiger partial charge >= 0.3 is 0 Å². The van der Waals surface area contributed by atoms with Crippen LogP contribution in [-0.4, -0.2) is 12.0 Å². The topological polar surface area (TPSA) is 47.6 Å². The highest BCUT2D eigenvalue weighted by Gasteiger charge is 2.21. The quantitative estimate of drug-likeness (QED) is 0.481. The summed E-state index contributed by atoms with van der Waals surface area (Å²) >= 11 is 6.14. The Morgan fingerprint density at radius 2 is 1.72 bits per heavy atom. The molecule has 3 aromatic rings. The molecule has 1 unspecified atom stereocenters. The number of amides is 1. The third-order valence-electron chi connectivity index (χ3n) is 4.43. The summed E-state index contributed by atoms with van der Waals surface area (Å²) in [6.07, 6.45) is -0.117. The second-order valence-corrected chi connectivity index (χ2v) is 7.26. The summed E-state index contributed by atoms with van der Waals surface area (Å²) in [5, 5.41) is 3.40. The van der Waals surface area contributed by atoms with Gasteiger partial charge in [-0.2, -0.15) is 0 Å². The molecule has 29 heavy (non-hydrogen) atoms. The molecule has 3 rings (SSSR count). The first kappa shape index (κ1) is 20.7. The first-order chi connectivity index (χ1) is 14.0. The van der Waals surface area contributed by atoms with Gasteiger partial charge in [-0.15, -0.1) is 0 Å². The Morgan fingerprint density at radius 1 is 1.00 bits per heavy atom. The molecule has 3 aromatic carbocycles. The molecule has 1 N–H and O–H groups in total. The molecule has 0 aliphatic heterocycles. The summed E-state index contributed by atoms with van der Waals surface area (Å²) in [4.78, 5) is 12.9. The number of rotatable bonds is 7. The number of hydrogen-bond donors (Lipinski definition) is 1. The van der Waals surface area contributed by atoms with Crippen molar-refractivity contribution < 1.29 is 14.3 Å². The molecule has 0 aromatic heterocycles. The number of ether oxygens (including phenoxy) is 2. The van der Waals surface area contributed by atoms with Gasteiger partial charge in [-0.25, -0.2) is 0 Å². The largest absolute Gasteiger partial charge is 0.480 e. The number of anilines is 1. The molecule has 0 saturated carbocycles. The van der Waals surface area contributed by atoms with Crippen LogP contribution in [0, 0.1) is 13.8 Å². The molecule has 1 amide bonds. The maximum Gasteiger partial charge on any atom is 0.265 e. The van der Waals surface area contributed by atoms with Crippen LogP contribution in [0.1, 0.15) is 24.5 Å². The standard InChI is InChI=1S/C24H24ClNO3/c1-4-21(29-22-12-10-16(2)14-17(22)3)24(27)26-20-15-18(25)11-13-23(20)28-19-8-6-5-7-9-19/h5-15,21H,4H2,1-3H3,(H,26,27). The Hall–Kier alpha value is -2.98. The van der Waals surface area contributed by atoms with Crippen LogP contribution in [-0.2, 0) is 4.79 Å². The van der Waals surface area contributed by atoms with Crippen LogP contribution >= 0.6 is 11.6 Å². The minimum absolute atomic E-state index is 0.257. The fourth-order valence-corrected chi connectivity index (χ4v) is 3.10. The van der Waals surface area contributed by atoms with Gasteiger partial charge < -0.3 is 14.8 Å². The summed E-state index contributed by atoms with van der Waals surface area (Å²) in [5.41, 5.74) is 2.63. The zero-order valence-electron chi connectivity index (χ0n) is 16.7. The predicted molar refractivity (Wildman–Crippen MR) is 117 cm³/mol. The van der Waals surface area contributed by atoms with E-state index in [0.717, 1.165) is 11.1 Å². The summed E-state index contributed by atoms with van der Waals surface area (Å²) in [6.45, 7) is 5.90. The van der Waals surface area contributed by atoms with Crippen molar-refractivity contribution in [3.63, 3.8) is 0 Å². The number of hydrogen-bond acceptors (Lipinski definition) is 3. The van der Waals surface area contributed by atoms with Crippen molar-refractivity contribution in [2.24, 2.45) is 0 Å². The Labute approximate surface area is 176 Å². The van der Waals surface area contributed by atoms with E-state index in [9.17, 15) is 4.79 Å². The van der Waals surface area contributed by atoms with E-state index in [1.165, 1.54) is 0 Å². The van der Waals surface area contributed by atoms with Crippen LogP contribution in [0.2, 0.25) is 5.02 Å². The normalized spacial score (nSPS) is 11.6. The lowest BCUT2D eigenvalue weighted by atomic mass is 10.1. The van der Waals surface area contributed by atoms with Crippen LogP contribution in [0.15, 0.2) is 66.7 Å². The van der Waals surface area contributed by atoms with Gasteiger partial charge in [0.1, 0.15) is 11.5 Å². The highest BCUT2D eigenvalue weighted by atomic mass is 35.5. The number of nitrogens with one attached hydrogen (secondary N) is 1. The second-order valence-electron chi connectivity index (χ2n) is 6.83. The fourth-order valence-electron chi connectivity index (χ4n) is 2.92. The van der Waals surface area contributed by atoms with Crippen molar-refractivity contribution in [1.29, 1.82) is 0 Å². The van der Waals surface area contributed by atoms with Crippen LogP contribution in [0.3, 0.4) is 0 Å². The summed E-state index contributed by atoms with van der Waals surface area (Å²) in [6, 6.07) is 20.4. The lowest BCUT2D eigenvalue weighted by molar-refractivity contribution is -0.122.